The number of hydrogen-bond donors (Lipinski definition) is 2. The lowest BCUT2D eigenvalue weighted by molar-refractivity contribution is -0.137. The number of amides is 3. The number of primary amides is 1. The van der Waals surface area contributed by atoms with E-state index in [0.29, 0.717) is 24.3 Å². The zero-order valence-electron chi connectivity index (χ0n) is 13.1. The Morgan fingerprint density at radius 1 is 1.35 bits per heavy atom. The fraction of sp³-hybridized carbons (Fsp3) is 0.438. The van der Waals surface area contributed by atoms with Crippen LogP contribution in [0.3, 0.4) is 0 Å². The molecule has 124 valence electrons. The molecule has 1 fully saturated rings. The Labute approximate surface area is 134 Å². The molecule has 0 bridgehead atoms. The summed E-state index contributed by atoms with van der Waals surface area (Å²) in [6.45, 7) is 0.727. The quantitative estimate of drug-likeness (QED) is 0.787. The third-order valence-corrected chi connectivity index (χ3v) is 3.88. The molecule has 2 rings (SSSR count). The van der Waals surface area contributed by atoms with E-state index in [1.165, 1.54) is 12.0 Å². The van der Waals surface area contributed by atoms with Crippen LogP contribution < -0.4 is 15.8 Å². The maximum atomic E-state index is 12.1. The van der Waals surface area contributed by atoms with Gasteiger partial charge in [0.25, 0.3) is 5.91 Å². The molecule has 0 aromatic heterocycles. The van der Waals surface area contributed by atoms with Crippen LogP contribution in [0.25, 0.3) is 0 Å². The molecule has 1 heterocycles. The standard InChI is InChI=1S/C16H21N3O4/c1-23-13-7-3-2-5-11(13)16(22)18-9-8-14(20)19-10-4-6-12(19)15(17)21/h2-3,5,7,12H,4,6,8-10H2,1H3,(H2,17,21)(H,18,22). The average Bonchev–Trinajstić information content (AvgIpc) is 3.04. The smallest absolute Gasteiger partial charge is 0.255 e. The molecule has 0 saturated carbocycles. The highest BCUT2D eigenvalue weighted by Crippen LogP contribution is 2.18. The Morgan fingerprint density at radius 3 is 2.78 bits per heavy atom. The zero-order chi connectivity index (χ0) is 16.8. The van der Waals surface area contributed by atoms with Crippen LogP contribution >= 0.6 is 0 Å². The van der Waals surface area contributed by atoms with Gasteiger partial charge in [0, 0.05) is 19.5 Å². The Bertz CT molecular complexity index is 603. The molecule has 1 aliphatic heterocycles. The molecule has 3 amide bonds. The number of methoxy groups -OCH3 is 1. The second-order valence-corrected chi connectivity index (χ2v) is 5.35. The summed E-state index contributed by atoms with van der Waals surface area (Å²) in [6, 6.07) is 6.34. The van der Waals surface area contributed by atoms with E-state index in [0.717, 1.165) is 6.42 Å². The monoisotopic (exact) mass is 319 g/mol. The minimum absolute atomic E-state index is 0.130. The molecular weight excluding hydrogens is 298 g/mol. The summed E-state index contributed by atoms with van der Waals surface area (Å²) in [5.41, 5.74) is 5.71. The van der Waals surface area contributed by atoms with Crippen molar-refractivity contribution in [3.05, 3.63) is 29.8 Å². The minimum atomic E-state index is -0.521. The van der Waals surface area contributed by atoms with Crippen LogP contribution in [0.15, 0.2) is 24.3 Å². The number of nitrogens with zero attached hydrogens (tertiary/aromatic N) is 1. The summed E-state index contributed by atoms with van der Waals surface area (Å²) in [5.74, 6) is -0.478. The predicted molar refractivity (Wildman–Crippen MR) is 83.9 cm³/mol. The van der Waals surface area contributed by atoms with Crippen LogP contribution in [0.5, 0.6) is 5.75 Å². The molecule has 3 N–H and O–H groups in total. The van der Waals surface area contributed by atoms with Crippen molar-refractivity contribution in [3.63, 3.8) is 0 Å². The summed E-state index contributed by atoms with van der Waals surface area (Å²) in [5, 5.41) is 2.69. The molecular formula is C16H21N3O4. The van der Waals surface area contributed by atoms with Crippen molar-refractivity contribution in [1.29, 1.82) is 0 Å². The van der Waals surface area contributed by atoms with Crippen LogP contribution in [0.4, 0.5) is 0 Å². The SMILES string of the molecule is COc1ccccc1C(=O)NCCC(=O)N1CCCC1C(N)=O. The first kappa shape index (κ1) is 16.8. The highest BCUT2D eigenvalue weighted by Gasteiger charge is 2.32. The minimum Gasteiger partial charge on any atom is -0.496 e. The molecule has 1 saturated heterocycles. The van der Waals surface area contributed by atoms with Gasteiger partial charge in [-0.05, 0) is 25.0 Å². The summed E-state index contributed by atoms with van der Waals surface area (Å²) in [4.78, 5) is 37.0. The normalized spacial score (nSPS) is 16.9. The van der Waals surface area contributed by atoms with Crippen LogP contribution in [0.2, 0.25) is 0 Å². The molecule has 0 aliphatic carbocycles. The van der Waals surface area contributed by atoms with E-state index < -0.39 is 11.9 Å². The van der Waals surface area contributed by atoms with Gasteiger partial charge in [-0.25, -0.2) is 0 Å². The first-order valence-corrected chi connectivity index (χ1v) is 7.54. The van der Waals surface area contributed by atoms with Crippen LogP contribution in [0, 0.1) is 0 Å². The van der Waals surface area contributed by atoms with Gasteiger partial charge in [-0.2, -0.15) is 0 Å². The fourth-order valence-corrected chi connectivity index (χ4v) is 2.72. The second-order valence-electron chi connectivity index (χ2n) is 5.35. The number of carbonyl (C=O) groups is 3. The van der Waals surface area contributed by atoms with Crippen molar-refractivity contribution < 1.29 is 19.1 Å². The van der Waals surface area contributed by atoms with E-state index >= 15 is 0 Å². The lowest BCUT2D eigenvalue weighted by Gasteiger charge is -2.22. The molecule has 23 heavy (non-hydrogen) atoms. The Kier molecular flexibility index (Phi) is 5.56. The number of hydrogen-bond acceptors (Lipinski definition) is 4. The number of rotatable bonds is 6. The first-order valence-electron chi connectivity index (χ1n) is 7.54. The van der Waals surface area contributed by atoms with Crippen molar-refractivity contribution in [3.8, 4) is 5.75 Å². The molecule has 1 aromatic rings. The number of ether oxygens (including phenoxy) is 1. The molecule has 0 radical (unpaired) electrons. The van der Waals surface area contributed by atoms with Crippen molar-refractivity contribution in [2.45, 2.75) is 25.3 Å². The molecule has 7 heteroatoms. The van der Waals surface area contributed by atoms with Gasteiger partial charge < -0.3 is 20.7 Å². The van der Waals surface area contributed by atoms with Crippen LogP contribution in [-0.4, -0.2) is 48.9 Å². The van der Waals surface area contributed by atoms with Crippen LogP contribution in [-0.2, 0) is 9.59 Å². The van der Waals surface area contributed by atoms with E-state index in [9.17, 15) is 14.4 Å². The highest BCUT2D eigenvalue weighted by atomic mass is 16.5. The summed E-state index contributed by atoms with van der Waals surface area (Å²) < 4.78 is 5.13. The molecule has 1 aromatic carbocycles. The van der Waals surface area contributed by atoms with E-state index in [-0.39, 0.29) is 24.8 Å². The summed E-state index contributed by atoms with van der Waals surface area (Å²) in [7, 11) is 1.49. The predicted octanol–water partition coefficient (Wildman–Crippen LogP) is 0.291. The maximum Gasteiger partial charge on any atom is 0.255 e. The van der Waals surface area contributed by atoms with Gasteiger partial charge in [-0.1, -0.05) is 12.1 Å². The number of nitrogens with one attached hydrogen (secondary N) is 1. The number of carbonyl (C=O) groups excluding carboxylic acids is 3. The second kappa shape index (κ2) is 7.62. The number of likely N-dealkylation sites (tertiary alicyclic amines) is 1. The Balaban J connectivity index is 1.86. The molecule has 1 atom stereocenters. The van der Waals surface area contributed by atoms with Gasteiger partial charge in [0.1, 0.15) is 11.8 Å². The van der Waals surface area contributed by atoms with Crippen molar-refractivity contribution in [1.82, 2.24) is 10.2 Å². The van der Waals surface area contributed by atoms with Gasteiger partial charge in [0.2, 0.25) is 11.8 Å². The van der Waals surface area contributed by atoms with Gasteiger partial charge >= 0.3 is 0 Å². The zero-order valence-corrected chi connectivity index (χ0v) is 13.1. The number of benzene rings is 1. The third kappa shape index (κ3) is 4.00. The van der Waals surface area contributed by atoms with Gasteiger partial charge in [0.15, 0.2) is 0 Å². The van der Waals surface area contributed by atoms with E-state index in [2.05, 4.69) is 5.32 Å². The van der Waals surface area contributed by atoms with Crippen molar-refractivity contribution >= 4 is 17.7 Å². The molecule has 1 aliphatic rings. The Hall–Kier alpha value is -2.57. The number of nitrogens with two attached hydrogens (primary N) is 1. The largest absolute Gasteiger partial charge is 0.496 e. The lowest BCUT2D eigenvalue weighted by atomic mass is 10.2. The highest BCUT2D eigenvalue weighted by molar-refractivity contribution is 5.97. The van der Waals surface area contributed by atoms with Gasteiger partial charge in [-0.15, -0.1) is 0 Å². The molecule has 0 spiro atoms. The first-order chi connectivity index (χ1) is 11.0. The van der Waals surface area contributed by atoms with Crippen LogP contribution in [0.1, 0.15) is 29.6 Å². The molecule has 7 nitrogen and oxygen atoms in total. The Morgan fingerprint density at radius 2 is 2.09 bits per heavy atom. The van der Waals surface area contributed by atoms with E-state index in [1.54, 1.807) is 24.3 Å². The third-order valence-electron chi connectivity index (χ3n) is 3.88. The van der Waals surface area contributed by atoms with Crippen molar-refractivity contribution in [2.24, 2.45) is 5.73 Å². The molecule has 1 unspecified atom stereocenters. The van der Waals surface area contributed by atoms with E-state index in [4.69, 9.17) is 10.5 Å². The summed E-state index contributed by atoms with van der Waals surface area (Å²) in [6.07, 6.45) is 1.51. The number of para-hydroxylation sites is 1. The lowest BCUT2D eigenvalue weighted by Crippen LogP contribution is -2.44. The van der Waals surface area contributed by atoms with E-state index in [1.807, 2.05) is 0 Å². The average molecular weight is 319 g/mol. The maximum absolute atomic E-state index is 12.1. The fourth-order valence-electron chi connectivity index (χ4n) is 2.72. The topological polar surface area (TPSA) is 102 Å². The van der Waals surface area contributed by atoms with Gasteiger partial charge in [-0.3, -0.25) is 14.4 Å². The van der Waals surface area contributed by atoms with Crippen molar-refractivity contribution in [2.75, 3.05) is 20.2 Å². The van der Waals surface area contributed by atoms with Gasteiger partial charge in [0.05, 0.1) is 12.7 Å². The summed E-state index contributed by atoms with van der Waals surface area (Å²) >= 11 is 0.